The second-order valence-electron chi connectivity index (χ2n) is 3.58. The Balaban J connectivity index is 2.26. The molecule has 0 saturated heterocycles. The lowest BCUT2D eigenvalue weighted by Gasteiger charge is -2.06. The molecule has 1 aromatic carbocycles. The zero-order valence-electron chi connectivity index (χ0n) is 9.41. The smallest absolute Gasteiger partial charge is 0.293 e. The lowest BCUT2D eigenvalue weighted by molar-refractivity contribution is -0.384. The van der Waals surface area contributed by atoms with Crippen molar-refractivity contribution in [2.24, 2.45) is 0 Å². The highest BCUT2D eigenvalue weighted by atomic mass is 16.6. The molecule has 0 aliphatic heterocycles. The van der Waals surface area contributed by atoms with E-state index in [1.807, 2.05) is 0 Å². The first-order valence-electron chi connectivity index (χ1n) is 5.03. The molecule has 0 fully saturated rings. The Morgan fingerprint density at radius 3 is 2.89 bits per heavy atom. The minimum atomic E-state index is -0.524. The van der Waals surface area contributed by atoms with Crippen LogP contribution in [-0.2, 0) is 0 Å². The fourth-order valence-electron chi connectivity index (χ4n) is 1.37. The highest BCUT2D eigenvalue weighted by molar-refractivity contribution is 6.02. The summed E-state index contributed by atoms with van der Waals surface area (Å²) in [4.78, 5) is 25.4. The molecule has 18 heavy (non-hydrogen) atoms. The van der Waals surface area contributed by atoms with Gasteiger partial charge in [-0.3, -0.25) is 14.9 Å². The van der Waals surface area contributed by atoms with Crippen LogP contribution in [0.25, 0.3) is 0 Å². The zero-order chi connectivity index (χ0) is 13.1. The summed E-state index contributed by atoms with van der Waals surface area (Å²) in [5.41, 5.74) is 0.993. The third kappa shape index (κ3) is 2.34. The summed E-state index contributed by atoms with van der Waals surface area (Å²) >= 11 is 0. The predicted octanol–water partition coefficient (Wildman–Crippen LogP) is 2.14. The Hall–Kier alpha value is -2.70. The van der Waals surface area contributed by atoms with Crippen LogP contribution in [0.3, 0.4) is 0 Å². The van der Waals surface area contributed by atoms with E-state index in [-0.39, 0.29) is 11.4 Å². The Kier molecular flexibility index (Phi) is 3.05. The van der Waals surface area contributed by atoms with Gasteiger partial charge in [0.05, 0.1) is 16.8 Å². The van der Waals surface area contributed by atoms with Crippen LogP contribution < -0.4 is 5.32 Å². The van der Waals surface area contributed by atoms with E-state index in [0.717, 1.165) is 6.39 Å². The molecule has 0 aliphatic carbocycles. The third-order valence-electron chi connectivity index (χ3n) is 2.34. The molecule has 1 aromatic heterocycles. The van der Waals surface area contributed by atoms with Gasteiger partial charge in [-0.05, 0) is 12.5 Å². The van der Waals surface area contributed by atoms with Gasteiger partial charge in [-0.15, -0.1) is 0 Å². The molecule has 7 heteroatoms. The maximum atomic E-state index is 11.7. The number of oxazole rings is 1. The van der Waals surface area contributed by atoms with E-state index >= 15 is 0 Å². The van der Waals surface area contributed by atoms with E-state index in [9.17, 15) is 14.9 Å². The monoisotopic (exact) mass is 247 g/mol. The number of rotatable bonds is 3. The fraction of sp³-hybridized carbons (Fsp3) is 0.0909. The lowest BCUT2D eigenvalue weighted by atomic mass is 10.2. The van der Waals surface area contributed by atoms with Gasteiger partial charge in [0, 0.05) is 12.1 Å². The first kappa shape index (κ1) is 11.8. The summed E-state index contributed by atoms with van der Waals surface area (Å²) in [5.74, 6) is -0.461. The molecule has 0 spiro atoms. The number of non-ortho nitro benzene ring substituents is 1. The van der Waals surface area contributed by atoms with E-state index in [0.29, 0.717) is 11.3 Å². The highest BCUT2D eigenvalue weighted by Gasteiger charge is 2.14. The van der Waals surface area contributed by atoms with Crippen molar-refractivity contribution in [1.29, 1.82) is 0 Å². The normalized spacial score (nSPS) is 10.1. The number of nitro benzene ring substituents is 1. The average Bonchev–Trinajstić information content (AvgIpc) is 2.85. The number of hydrogen-bond donors (Lipinski definition) is 1. The van der Waals surface area contributed by atoms with Crippen LogP contribution in [0.4, 0.5) is 11.4 Å². The average molecular weight is 247 g/mol. The van der Waals surface area contributed by atoms with E-state index in [1.54, 1.807) is 13.0 Å². The molecular weight excluding hydrogens is 238 g/mol. The maximum Gasteiger partial charge on any atom is 0.293 e. The molecule has 2 aromatic rings. The Morgan fingerprint density at radius 2 is 2.28 bits per heavy atom. The summed E-state index contributed by atoms with van der Waals surface area (Å²) in [6.45, 7) is 1.74. The number of aromatic nitrogens is 1. The van der Waals surface area contributed by atoms with Gasteiger partial charge in [-0.1, -0.05) is 6.07 Å². The molecule has 0 radical (unpaired) electrons. The van der Waals surface area contributed by atoms with Crippen LogP contribution in [0, 0.1) is 17.0 Å². The fourth-order valence-corrected chi connectivity index (χ4v) is 1.37. The number of aryl methyl sites for hydroxylation is 1. The first-order valence-corrected chi connectivity index (χ1v) is 5.03. The first-order chi connectivity index (χ1) is 8.58. The highest BCUT2D eigenvalue weighted by Crippen LogP contribution is 2.22. The Bertz CT molecular complexity index is 592. The van der Waals surface area contributed by atoms with Gasteiger partial charge >= 0.3 is 0 Å². The summed E-state index contributed by atoms with van der Waals surface area (Å²) in [6, 6.07) is 4.23. The zero-order valence-corrected chi connectivity index (χ0v) is 9.41. The number of benzene rings is 1. The van der Waals surface area contributed by atoms with Gasteiger partial charge in [-0.25, -0.2) is 4.98 Å². The van der Waals surface area contributed by atoms with Gasteiger partial charge in [0.25, 0.3) is 11.6 Å². The van der Waals surface area contributed by atoms with Crippen molar-refractivity contribution in [3.8, 4) is 0 Å². The SMILES string of the molecule is Cc1ccc([N+](=O)[O-])cc1NC(=O)c1cnco1. The quantitative estimate of drug-likeness (QED) is 0.661. The van der Waals surface area contributed by atoms with Crippen LogP contribution in [0.15, 0.2) is 35.2 Å². The standard InChI is InChI=1S/C11H9N3O4/c1-7-2-3-8(14(16)17)4-9(7)13-11(15)10-5-12-6-18-10/h2-6H,1H3,(H,13,15). The molecule has 2 rings (SSSR count). The molecule has 1 N–H and O–H groups in total. The minimum Gasteiger partial charge on any atom is -0.438 e. The molecule has 0 atom stereocenters. The number of carbonyl (C=O) groups excluding carboxylic acids is 1. The molecule has 92 valence electrons. The summed E-state index contributed by atoms with van der Waals surface area (Å²) in [5, 5.41) is 13.2. The van der Waals surface area contributed by atoms with E-state index in [2.05, 4.69) is 10.3 Å². The Labute approximate surface area is 102 Å². The van der Waals surface area contributed by atoms with E-state index in [4.69, 9.17) is 4.42 Å². The summed E-state index contributed by atoms with van der Waals surface area (Å²) in [6.07, 6.45) is 2.40. The van der Waals surface area contributed by atoms with Gasteiger partial charge in [0.1, 0.15) is 0 Å². The van der Waals surface area contributed by atoms with Gasteiger partial charge in [-0.2, -0.15) is 0 Å². The summed E-state index contributed by atoms with van der Waals surface area (Å²) in [7, 11) is 0. The molecule has 0 aliphatic rings. The molecule has 0 bridgehead atoms. The second-order valence-corrected chi connectivity index (χ2v) is 3.58. The number of amides is 1. The number of carbonyl (C=O) groups is 1. The summed E-state index contributed by atoms with van der Waals surface area (Å²) < 4.78 is 4.83. The number of nitrogens with zero attached hydrogens (tertiary/aromatic N) is 2. The predicted molar refractivity (Wildman–Crippen MR) is 62.3 cm³/mol. The van der Waals surface area contributed by atoms with Crippen LogP contribution in [0.5, 0.6) is 0 Å². The van der Waals surface area contributed by atoms with Crippen LogP contribution >= 0.6 is 0 Å². The van der Waals surface area contributed by atoms with Crippen molar-refractivity contribution in [1.82, 2.24) is 4.98 Å². The van der Waals surface area contributed by atoms with Crippen molar-refractivity contribution in [2.45, 2.75) is 6.92 Å². The van der Waals surface area contributed by atoms with Crippen LogP contribution in [0.2, 0.25) is 0 Å². The van der Waals surface area contributed by atoms with E-state index < -0.39 is 10.8 Å². The van der Waals surface area contributed by atoms with Crippen molar-refractivity contribution in [2.75, 3.05) is 5.32 Å². The van der Waals surface area contributed by atoms with Crippen molar-refractivity contribution in [3.05, 3.63) is 52.2 Å². The molecule has 7 nitrogen and oxygen atoms in total. The minimum absolute atomic E-state index is 0.0425. The van der Waals surface area contributed by atoms with E-state index in [1.165, 1.54) is 18.3 Å². The molecule has 1 amide bonds. The van der Waals surface area contributed by atoms with Crippen molar-refractivity contribution in [3.63, 3.8) is 0 Å². The number of hydrogen-bond acceptors (Lipinski definition) is 5. The van der Waals surface area contributed by atoms with Crippen molar-refractivity contribution >= 4 is 17.3 Å². The third-order valence-corrected chi connectivity index (χ3v) is 2.34. The number of nitrogens with one attached hydrogen (secondary N) is 1. The number of anilines is 1. The molecular formula is C11H9N3O4. The van der Waals surface area contributed by atoms with Crippen molar-refractivity contribution < 1.29 is 14.1 Å². The molecule has 1 heterocycles. The van der Waals surface area contributed by atoms with Gasteiger partial charge in [0.2, 0.25) is 5.76 Å². The maximum absolute atomic E-state index is 11.7. The Morgan fingerprint density at radius 1 is 1.50 bits per heavy atom. The van der Waals surface area contributed by atoms with Gasteiger partial charge < -0.3 is 9.73 Å². The molecule has 0 unspecified atom stereocenters. The largest absolute Gasteiger partial charge is 0.438 e. The van der Waals surface area contributed by atoms with Crippen LogP contribution in [-0.4, -0.2) is 15.8 Å². The second kappa shape index (κ2) is 4.66. The lowest BCUT2D eigenvalue weighted by Crippen LogP contribution is -2.12. The number of nitro groups is 1. The molecule has 0 saturated carbocycles. The topological polar surface area (TPSA) is 98.3 Å². The van der Waals surface area contributed by atoms with Crippen LogP contribution in [0.1, 0.15) is 16.1 Å². The van der Waals surface area contributed by atoms with Gasteiger partial charge in [0.15, 0.2) is 6.39 Å².